The van der Waals surface area contributed by atoms with Gasteiger partial charge in [-0.05, 0) is 20.0 Å². The molecule has 0 aliphatic heterocycles. The summed E-state index contributed by atoms with van der Waals surface area (Å²) >= 11 is 0. The molecule has 15 heavy (non-hydrogen) atoms. The minimum absolute atomic E-state index is 0.554. The third-order valence-corrected chi connectivity index (χ3v) is 2.35. The van der Waals surface area contributed by atoms with Gasteiger partial charge in [-0.25, -0.2) is 9.37 Å². The van der Waals surface area contributed by atoms with Crippen LogP contribution in [0.2, 0.25) is 0 Å². The minimum Gasteiger partial charge on any atom is -0.476 e. The third kappa shape index (κ3) is 3.73. The van der Waals surface area contributed by atoms with Crippen LogP contribution < -0.4 is 10.1 Å². The highest BCUT2D eigenvalue weighted by atomic mass is 31.0. The van der Waals surface area contributed by atoms with E-state index in [1.54, 1.807) is 6.07 Å². The van der Waals surface area contributed by atoms with E-state index in [9.17, 15) is 4.39 Å². The van der Waals surface area contributed by atoms with Gasteiger partial charge in [-0.3, -0.25) is 0 Å². The van der Waals surface area contributed by atoms with Crippen molar-refractivity contribution >= 4 is 9.24 Å². The molecular formula is C10H16FN2OP. The van der Waals surface area contributed by atoms with Gasteiger partial charge >= 0.3 is 0 Å². The van der Waals surface area contributed by atoms with E-state index < -0.39 is 5.91 Å². The maximum atomic E-state index is 12.9. The second-order valence-corrected chi connectivity index (χ2v) is 3.83. The first-order chi connectivity index (χ1) is 7.15. The summed E-state index contributed by atoms with van der Waals surface area (Å²) in [4.78, 5) is 4.07. The number of hydrogen-bond donors (Lipinski definition) is 1. The van der Waals surface area contributed by atoms with Crippen LogP contribution in [-0.2, 0) is 0 Å². The standard InChI is InChI=1S/C10H16FN2OP/c1-7-5-8(9(11)15)6-13-10(7)14-4-3-12-2/h5-6,9,12H,3-4,15H2,1-2H3. The highest BCUT2D eigenvalue weighted by Gasteiger charge is 2.07. The first kappa shape index (κ1) is 12.3. The number of pyridine rings is 1. The molecule has 0 bridgehead atoms. The predicted octanol–water partition coefficient (Wildman–Crippen LogP) is 1.83. The van der Waals surface area contributed by atoms with E-state index in [4.69, 9.17) is 4.74 Å². The van der Waals surface area contributed by atoms with Crippen LogP contribution in [-0.4, -0.2) is 25.2 Å². The van der Waals surface area contributed by atoms with Gasteiger partial charge in [-0.1, -0.05) is 9.24 Å². The summed E-state index contributed by atoms with van der Waals surface area (Å²) in [7, 11) is 3.95. The molecule has 1 aromatic heterocycles. The zero-order valence-electron chi connectivity index (χ0n) is 8.96. The van der Waals surface area contributed by atoms with Crippen molar-refractivity contribution in [1.29, 1.82) is 0 Å². The first-order valence-corrected chi connectivity index (χ1v) is 5.45. The molecule has 2 unspecified atom stereocenters. The predicted molar refractivity (Wildman–Crippen MR) is 62.0 cm³/mol. The Morgan fingerprint density at radius 2 is 2.40 bits per heavy atom. The number of aryl methyl sites for hydroxylation is 1. The number of likely N-dealkylation sites (N-methyl/N-ethyl adjacent to an activating group) is 1. The van der Waals surface area contributed by atoms with Crippen molar-refractivity contribution in [3.8, 4) is 5.88 Å². The molecule has 0 aliphatic carbocycles. The summed E-state index contributed by atoms with van der Waals surface area (Å²) in [5.74, 6) is -0.498. The lowest BCUT2D eigenvalue weighted by atomic mass is 10.2. The van der Waals surface area contributed by atoms with E-state index in [1.807, 2.05) is 14.0 Å². The SMILES string of the molecule is CNCCOc1ncc(C(F)P)cc1C. The monoisotopic (exact) mass is 230 g/mol. The Kier molecular flexibility index (Phi) is 4.92. The van der Waals surface area contributed by atoms with E-state index in [0.717, 1.165) is 12.1 Å². The average Bonchev–Trinajstić information content (AvgIpc) is 2.20. The number of nitrogens with one attached hydrogen (secondary N) is 1. The lowest BCUT2D eigenvalue weighted by Crippen LogP contribution is -2.16. The summed E-state index contributed by atoms with van der Waals surface area (Å²) < 4.78 is 18.3. The molecular weight excluding hydrogens is 214 g/mol. The van der Waals surface area contributed by atoms with Crippen molar-refractivity contribution in [2.45, 2.75) is 12.8 Å². The topological polar surface area (TPSA) is 34.1 Å². The lowest BCUT2D eigenvalue weighted by Gasteiger charge is -2.09. The maximum absolute atomic E-state index is 12.9. The van der Waals surface area contributed by atoms with Crippen LogP contribution in [0.3, 0.4) is 0 Å². The molecule has 0 saturated heterocycles. The van der Waals surface area contributed by atoms with Gasteiger partial charge in [-0.15, -0.1) is 0 Å². The van der Waals surface area contributed by atoms with Gasteiger partial charge in [0.2, 0.25) is 5.88 Å². The average molecular weight is 230 g/mol. The summed E-state index contributed by atoms with van der Waals surface area (Å²) in [5.41, 5.74) is 1.41. The zero-order chi connectivity index (χ0) is 11.3. The number of nitrogens with zero attached hydrogens (tertiary/aromatic N) is 1. The van der Waals surface area contributed by atoms with Gasteiger partial charge in [0.15, 0.2) is 0 Å². The maximum Gasteiger partial charge on any atom is 0.216 e. The van der Waals surface area contributed by atoms with Gasteiger partial charge in [0.25, 0.3) is 0 Å². The molecule has 1 aromatic rings. The lowest BCUT2D eigenvalue weighted by molar-refractivity contribution is 0.303. The molecule has 0 amide bonds. The highest BCUT2D eigenvalue weighted by molar-refractivity contribution is 7.16. The quantitative estimate of drug-likeness (QED) is 0.619. The molecule has 0 spiro atoms. The fourth-order valence-electron chi connectivity index (χ4n) is 1.14. The van der Waals surface area contributed by atoms with Crippen molar-refractivity contribution < 1.29 is 9.13 Å². The second-order valence-electron chi connectivity index (χ2n) is 3.24. The van der Waals surface area contributed by atoms with Gasteiger partial charge in [0.05, 0.1) is 0 Å². The molecule has 0 fully saturated rings. The molecule has 0 aliphatic rings. The molecule has 5 heteroatoms. The fraction of sp³-hybridized carbons (Fsp3) is 0.500. The van der Waals surface area contributed by atoms with Crippen molar-refractivity contribution in [2.75, 3.05) is 20.2 Å². The molecule has 1 heterocycles. The van der Waals surface area contributed by atoms with Crippen molar-refractivity contribution in [1.82, 2.24) is 10.3 Å². The van der Waals surface area contributed by atoms with Crippen LogP contribution in [0, 0.1) is 6.92 Å². The van der Waals surface area contributed by atoms with E-state index >= 15 is 0 Å². The van der Waals surface area contributed by atoms with Crippen LogP contribution in [0.15, 0.2) is 12.3 Å². The third-order valence-electron chi connectivity index (χ3n) is 1.96. The second kappa shape index (κ2) is 5.99. The molecule has 1 N–H and O–H groups in total. The number of rotatable bonds is 5. The Bertz CT molecular complexity index is 320. The molecule has 2 atom stereocenters. The van der Waals surface area contributed by atoms with Gasteiger partial charge < -0.3 is 10.1 Å². The Hall–Kier alpha value is -0.730. The van der Waals surface area contributed by atoms with Crippen LogP contribution in [0.4, 0.5) is 4.39 Å². The fourth-order valence-corrected chi connectivity index (χ4v) is 1.32. The Morgan fingerprint density at radius 1 is 1.67 bits per heavy atom. The van der Waals surface area contributed by atoms with E-state index in [0.29, 0.717) is 18.1 Å². The number of hydrogen-bond acceptors (Lipinski definition) is 3. The first-order valence-electron chi connectivity index (χ1n) is 4.78. The summed E-state index contributed by atoms with van der Waals surface area (Å²) in [6.45, 7) is 3.18. The smallest absolute Gasteiger partial charge is 0.216 e. The largest absolute Gasteiger partial charge is 0.476 e. The van der Waals surface area contributed by atoms with Gasteiger partial charge in [0.1, 0.15) is 12.5 Å². The molecule has 84 valence electrons. The molecule has 1 rings (SSSR count). The Morgan fingerprint density at radius 3 is 2.93 bits per heavy atom. The summed E-state index contributed by atoms with van der Waals surface area (Å²) in [6, 6.07) is 1.75. The van der Waals surface area contributed by atoms with Crippen LogP contribution >= 0.6 is 9.24 Å². The summed E-state index contributed by atoms with van der Waals surface area (Å²) in [6.07, 6.45) is 1.50. The molecule has 0 aromatic carbocycles. The van der Waals surface area contributed by atoms with Crippen LogP contribution in [0.5, 0.6) is 5.88 Å². The Balaban J connectivity index is 2.66. The van der Waals surface area contributed by atoms with E-state index in [2.05, 4.69) is 19.5 Å². The van der Waals surface area contributed by atoms with E-state index in [-0.39, 0.29) is 0 Å². The van der Waals surface area contributed by atoms with Crippen molar-refractivity contribution in [3.63, 3.8) is 0 Å². The van der Waals surface area contributed by atoms with Crippen LogP contribution in [0.1, 0.15) is 17.0 Å². The van der Waals surface area contributed by atoms with Gasteiger partial charge in [-0.2, -0.15) is 0 Å². The van der Waals surface area contributed by atoms with Crippen molar-refractivity contribution in [3.05, 3.63) is 23.4 Å². The normalized spacial score (nSPS) is 12.5. The van der Waals surface area contributed by atoms with E-state index in [1.165, 1.54) is 6.20 Å². The molecule has 3 nitrogen and oxygen atoms in total. The number of aromatic nitrogens is 1. The number of halogens is 1. The summed E-state index contributed by atoms with van der Waals surface area (Å²) in [5, 5.41) is 2.97. The molecule has 0 radical (unpaired) electrons. The zero-order valence-corrected chi connectivity index (χ0v) is 10.1. The molecule has 0 saturated carbocycles. The highest BCUT2D eigenvalue weighted by Crippen LogP contribution is 2.26. The van der Waals surface area contributed by atoms with Crippen molar-refractivity contribution in [2.24, 2.45) is 0 Å². The minimum atomic E-state index is -1.07. The Labute approximate surface area is 91.6 Å². The number of ether oxygens (including phenoxy) is 1. The van der Waals surface area contributed by atoms with Gasteiger partial charge in [0, 0.05) is 23.9 Å². The number of alkyl halides is 1. The van der Waals surface area contributed by atoms with Crippen LogP contribution in [0.25, 0.3) is 0 Å².